The molecule has 0 amide bonds. The minimum atomic E-state index is -0.942. The van der Waals surface area contributed by atoms with Gasteiger partial charge in [-0.25, -0.2) is 4.79 Å². The number of benzene rings is 2. The summed E-state index contributed by atoms with van der Waals surface area (Å²) in [5.74, 6) is -0.269. The van der Waals surface area contributed by atoms with Crippen LogP contribution in [0, 0.1) is 6.92 Å². The number of methoxy groups -OCH3 is 1. The van der Waals surface area contributed by atoms with Crippen LogP contribution in [0.2, 0.25) is 0 Å². The third-order valence-corrected chi connectivity index (χ3v) is 3.78. The summed E-state index contributed by atoms with van der Waals surface area (Å²) in [6.45, 7) is 1.96. The van der Waals surface area contributed by atoms with Crippen molar-refractivity contribution in [2.75, 3.05) is 12.4 Å². The van der Waals surface area contributed by atoms with Gasteiger partial charge in [0, 0.05) is 16.2 Å². The van der Waals surface area contributed by atoms with E-state index in [1.54, 1.807) is 19.2 Å². The molecular weight excluding hydrogens is 334 g/mol. The highest BCUT2D eigenvalue weighted by molar-refractivity contribution is 9.10. The third kappa shape index (κ3) is 3.76. The van der Waals surface area contributed by atoms with Crippen LogP contribution >= 0.6 is 15.9 Å². The minimum Gasteiger partial charge on any atom is -0.497 e. The molecule has 2 aromatic carbocycles. The van der Waals surface area contributed by atoms with Crippen molar-refractivity contribution in [1.29, 1.82) is 0 Å². The number of aliphatic carboxylic acids is 1. The van der Waals surface area contributed by atoms with Crippen molar-refractivity contribution in [3.63, 3.8) is 0 Å². The predicted molar refractivity (Wildman–Crippen MR) is 85.9 cm³/mol. The van der Waals surface area contributed by atoms with Crippen LogP contribution in [0.4, 0.5) is 5.69 Å². The van der Waals surface area contributed by atoms with E-state index in [2.05, 4.69) is 21.2 Å². The molecule has 0 heterocycles. The van der Waals surface area contributed by atoms with Crippen molar-refractivity contribution in [2.45, 2.75) is 13.0 Å². The Morgan fingerprint density at radius 1 is 1.29 bits per heavy atom. The maximum absolute atomic E-state index is 11.6. The van der Waals surface area contributed by atoms with Crippen LogP contribution in [0.5, 0.6) is 5.75 Å². The number of hydrogen-bond donors (Lipinski definition) is 2. The summed E-state index contributed by atoms with van der Waals surface area (Å²) < 4.78 is 5.91. The Balaban J connectivity index is 2.33. The Kier molecular flexibility index (Phi) is 4.85. The molecule has 2 aromatic rings. The molecule has 1 unspecified atom stereocenters. The fourth-order valence-electron chi connectivity index (χ4n) is 2.02. The van der Waals surface area contributed by atoms with Gasteiger partial charge in [-0.3, -0.25) is 0 Å². The molecule has 0 saturated heterocycles. The Bertz CT molecular complexity index is 658. The van der Waals surface area contributed by atoms with E-state index in [9.17, 15) is 9.90 Å². The molecule has 0 bridgehead atoms. The molecule has 5 heteroatoms. The van der Waals surface area contributed by atoms with Gasteiger partial charge in [-0.05, 0) is 36.2 Å². The first kappa shape index (κ1) is 15.4. The average Bonchev–Trinajstić information content (AvgIpc) is 2.45. The van der Waals surface area contributed by atoms with Crippen LogP contribution in [0.25, 0.3) is 0 Å². The number of carboxylic acids is 1. The van der Waals surface area contributed by atoms with Gasteiger partial charge >= 0.3 is 5.97 Å². The molecule has 4 nitrogen and oxygen atoms in total. The minimum absolute atomic E-state index is 0.673. The van der Waals surface area contributed by atoms with Crippen molar-refractivity contribution in [1.82, 2.24) is 0 Å². The number of nitrogens with one attached hydrogen (secondary N) is 1. The third-order valence-electron chi connectivity index (χ3n) is 3.09. The summed E-state index contributed by atoms with van der Waals surface area (Å²) in [6.07, 6.45) is 0. The van der Waals surface area contributed by atoms with Gasteiger partial charge in [0.25, 0.3) is 0 Å². The molecule has 1 atom stereocenters. The van der Waals surface area contributed by atoms with Crippen molar-refractivity contribution < 1.29 is 14.6 Å². The van der Waals surface area contributed by atoms with Gasteiger partial charge in [-0.1, -0.05) is 34.1 Å². The van der Waals surface area contributed by atoms with Crippen molar-refractivity contribution in [3.05, 3.63) is 58.1 Å². The van der Waals surface area contributed by atoms with Crippen molar-refractivity contribution in [2.24, 2.45) is 0 Å². The van der Waals surface area contributed by atoms with Gasteiger partial charge in [0.15, 0.2) is 6.04 Å². The van der Waals surface area contributed by atoms with Crippen molar-refractivity contribution in [3.8, 4) is 5.75 Å². The molecule has 110 valence electrons. The Morgan fingerprint density at radius 2 is 2.05 bits per heavy atom. The fraction of sp³-hybridized carbons (Fsp3) is 0.188. The molecule has 0 saturated carbocycles. The highest BCUT2D eigenvalue weighted by atomic mass is 79.9. The second kappa shape index (κ2) is 6.63. The van der Waals surface area contributed by atoms with Gasteiger partial charge in [0.2, 0.25) is 0 Å². The summed E-state index contributed by atoms with van der Waals surface area (Å²) in [6, 6.07) is 11.9. The molecule has 2 rings (SSSR count). The second-order valence-electron chi connectivity index (χ2n) is 4.67. The van der Waals surface area contributed by atoms with E-state index in [0.29, 0.717) is 17.0 Å². The molecule has 0 fully saturated rings. The summed E-state index contributed by atoms with van der Waals surface area (Å²) >= 11 is 3.43. The van der Waals surface area contributed by atoms with Gasteiger partial charge in [-0.2, -0.15) is 0 Å². The molecule has 21 heavy (non-hydrogen) atoms. The quantitative estimate of drug-likeness (QED) is 0.856. The zero-order valence-corrected chi connectivity index (χ0v) is 13.3. The SMILES string of the molecule is COc1cccc(NC(C(=O)O)c2ccc(C)cc2Br)c1. The lowest BCUT2D eigenvalue weighted by Gasteiger charge is -2.18. The number of hydrogen-bond acceptors (Lipinski definition) is 3. The normalized spacial score (nSPS) is 11.8. The predicted octanol–water partition coefficient (Wildman–Crippen LogP) is 4.00. The smallest absolute Gasteiger partial charge is 0.330 e. The van der Waals surface area contributed by atoms with Crippen LogP contribution in [-0.2, 0) is 4.79 Å². The number of aryl methyl sites for hydroxylation is 1. The Morgan fingerprint density at radius 3 is 2.67 bits per heavy atom. The second-order valence-corrected chi connectivity index (χ2v) is 5.53. The molecule has 0 aromatic heterocycles. The highest BCUT2D eigenvalue weighted by Crippen LogP contribution is 2.29. The van der Waals surface area contributed by atoms with Crippen LogP contribution in [-0.4, -0.2) is 18.2 Å². The Labute approximate surface area is 131 Å². The maximum atomic E-state index is 11.6. The number of halogens is 1. The van der Waals surface area contributed by atoms with Crippen LogP contribution in [0.3, 0.4) is 0 Å². The molecule has 0 radical (unpaired) electrons. The van der Waals surface area contributed by atoms with E-state index < -0.39 is 12.0 Å². The summed E-state index contributed by atoms with van der Waals surface area (Å²) in [5, 5.41) is 12.5. The maximum Gasteiger partial charge on any atom is 0.330 e. The van der Waals surface area contributed by atoms with Gasteiger partial charge in [0.1, 0.15) is 5.75 Å². The van der Waals surface area contributed by atoms with Gasteiger partial charge < -0.3 is 15.2 Å². The summed E-state index contributed by atoms with van der Waals surface area (Å²) in [4.78, 5) is 11.6. The standard InChI is InChI=1S/C16H16BrNO3/c1-10-6-7-13(14(17)8-10)15(16(19)20)18-11-4-3-5-12(9-11)21-2/h3-9,15,18H,1-2H3,(H,19,20). The van der Waals surface area contributed by atoms with Crippen LogP contribution in [0.15, 0.2) is 46.9 Å². The molecule has 2 N–H and O–H groups in total. The molecule has 0 aliphatic heterocycles. The highest BCUT2D eigenvalue weighted by Gasteiger charge is 2.22. The van der Waals surface area contributed by atoms with E-state index in [1.165, 1.54) is 0 Å². The lowest BCUT2D eigenvalue weighted by Crippen LogP contribution is -2.21. The number of carbonyl (C=O) groups is 1. The first-order valence-electron chi connectivity index (χ1n) is 6.40. The number of rotatable bonds is 5. The number of carboxylic acid groups (broad SMARTS) is 1. The van der Waals surface area contributed by atoms with Crippen molar-refractivity contribution >= 4 is 27.6 Å². The zero-order chi connectivity index (χ0) is 15.4. The van der Waals surface area contributed by atoms with Gasteiger partial charge in [-0.15, -0.1) is 0 Å². The lowest BCUT2D eigenvalue weighted by atomic mass is 10.0. The van der Waals surface area contributed by atoms with Crippen LogP contribution in [0.1, 0.15) is 17.2 Å². The monoisotopic (exact) mass is 349 g/mol. The van der Waals surface area contributed by atoms with E-state index in [-0.39, 0.29) is 0 Å². The van der Waals surface area contributed by atoms with E-state index in [1.807, 2.05) is 37.3 Å². The van der Waals surface area contributed by atoms with Crippen LogP contribution < -0.4 is 10.1 Å². The topological polar surface area (TPSA) is 58.6 Å². The first-order valence-corrected chi connectivity index (χ1v) is 7.20. The van der Waals surface area contributed by atoms with E-state index >= 15 is 0 Å². The Hall–Kier alpha value is -2.01. The summed E-state index contributed by atoms with van der Waals surface area (Å²) in [7, 11) is 1.57. The van der Waals surface area contributed by atoms with E-state index in [4.69, 9.17) is 4.74 Å². The molecule has 0 spiro atoms. The number of ether oxygens (including phenoxy) is 1. The molecule has 0 aliphatic carbocycles. The largest absolute Gasteiger partial charge is 0.497 e. The zero-order valence-electron chi connectivity index (χ0n) is 11.8. The summed E-state index contributed by atoms with van der Waals surface area (Å²) in [5.41, 5.74) is 2.43. The lowest BCUT2D eigenvalue weighted by molar-refractivity contribution is -0.138. The molecular formula is C16H16BrNO3. The molecule has 0 aliphatic rings. The fourth-order valence-corrected chi connectivity index (χ4v) is 2.74. The average molecular weight is 350 g/mol. The number of anilines is 1. The first-order chi connectivity index (χ1) is 10.0. The van der Waals surface area contributed by atoms with E-state index in [0.717, 1.165) is 10.0 Å². The van der Waals surface area contributed by atoms with Gasteiger partial charge in [0.05, 0.1) is 7.11 Å².